The molecule has 3 rings (SSSR count). The number of hydrogen-bond donors (Lipinski definition) is 1. The fourth-order valence-corrected chi connectivity index (χ4v) is 4.50. The van der Waals surface area contributed by atoms with Gasteiger partial charge in [0.1, 0.15) is 0 Å². The van der Waals surface area contributed by atoms with Crippen molar-refractivity contribution in [2.75, 3.05) is 26.4 Å². The van der Waals surface area contributed by atoms with E-state index in [0.717, 1.165) is 5.70 Å². The molecule has 1 aliphatic carbocycles. The van der Waals surface area contributed by atoms with Crippen LogP contribution >= 0.6 is 11.6 Å². The highest BCUT2D eigenvalue weighted by Gasteiger charge is 2.44. The number of dihydropyridines is 1. The molecule has 0 radical (unpaired) electrons. The number of azide groups is 1. The van der Waals surface area contributed by atoms with Gasteiger partial charge < -0.3 is 14.8 Å². The predicted molar refractivity (Wildman–Crippen MR) is 121 cm³/mol. The lowest BCUT2D eigenvalue weighted by molar-refractivity contribution is -0.139. The highest BCUT2D eigenvalue weighted by Crippen LogP contribution is 2.48. The van der Waals surface area contributed by atoms with Crippen molar-refractivity contribution in [1.29, 1.82) is 0 Å². The molecule has 0 bridgehead atoms. The Bertz CT molecular complexity index is 1020. The maximum absolute atomic E-state index is 13.3. The molecule has 1 aromatic carbocycles. The van der Waals surface area contributed by atoms with E-state index in [1.54, 1.807) is 13.0 Å². The van der Waals surface area contributed by atoms with Gasteiger partial charge in [-0.05, 0) is 35.9 Å². The van der Waals surface area contributed by atoms with Gasteiger partial charge >= 0.3 is 5.97 Å². The molecule has 0 spiro atoms. The number of nitrogens with zero attached hydrogens (tertiary/aromatic N) is 3. The monoisotopic (exact) mass is 458 g/mol. The van der Waals surface area contributed by atoms with Crippen LogP contribution in [-0.2, 0) is 19.1 Å². The molecule has 170 valence electrons. The smallest absolute Gasteiger partial charge is 0.336 e. The number of ether oxygens (including phenoxy) is 2. The Labute approximate surface area is 192 Å². The number of ketones is 1. The standard InChI is InChI=1S/C23H27ClN4O4/c1-4-32-22(30)21-17(13-31-10-9-26-28-25)27-16-11-23(2,3)12-18(29)20(16)19(21)14-7-5-6-8-15(14)24/h5-8,19,27H,4,9-13H2,1-3H3. The SMILES string of the molecule is CCOC(=O)C1=C(COCCN=[N+]=[N-])NC2=C(C(=O)CC(C)(C)C2)C1c1ccccc1Cl. The van der Waals surface area contributed by atoms with Crippen LogP contribution in [-0.4, -0.2) is 38.1 Å². The maximum atomic E-state index is 13.3. The number of esters is 1. The fraction of sp³-hybridized carbons (Fsp3) is 0.478. The summed E-state index contributed by atoms with van der Waals surface area (Å²) in [6.07, 6.45) is 1.02. The zero-order chi connectivity index (χ0) is 23.3. The summed E-state index contributed by atoms with van der Waals surface area (Å²) in [7, 11) is 0. The predicted octanol–water partition coefficient (Wildman–Crippen LogP) is 4.81. The van der Waals surface area contributed by atoms with Crippen LogP contribution in [0.1, 0.15) is 45.1 Å². The summed E-state index contributed by atoms with van der Waals surface area (Å²) in [4.78, 5) is 29.1. The molecule has 1 aromatic rings. The molecule has 1 aliphatic heterocycles. The van der Waals surface area contributed by atoms with E-state index in [1.807, 2.05) is 32.0 Å². The van der Waals surface area contributed by atoms with Crippen molar-refractivity contribution in [2.24, 2.45) is 10.5 Å². The number of carbonyl (C=O) groups is 2. The zero-order valence-corrected chi connectivity index (χ0v) is 19.2. The maximum Gasteiger partial charge on any atom is 0.336 e. The third-order valence-corrected chi connectivity index (χ3v) is 5.83. The third kappa shape index (κ3) is 5.15. The van der Waals surface area contributed by atoms with Crippen molar-refractivity contribution < 1.29 is 19.1 Å². The molecule has 1 N–H and O–H groups in total. The summed E-state index contributed by atoms with van der Waals surface area (Å²) in [5.41, 5.74) is 11.1. The molecule has 0 amide bonds. The van der Waals surface area contributed by atoms with E-state index in [4.69, 9.17) is 26.6 Å². The van der Waals surface area contributed by atoms with E-state index in [0.29, 0.717) is 40.3 Å². The number of benzene rings is 1. The molecule has 2 aliphatic rings. The Morgan fingerprint density at radius 3 is 2.78 bits per heavy atom. The van der Waals surface area contributed by atoms with E-state index in [9.17, 15) is 9.59 Å². The number of halogens is 1. The summed E-state index contributed by atoms with van der Waals surface area (Å²) in [6, 6.07) is 7.21. The minimum absolute atomic E-state index is 0.0150. The van der Waals surface area contributed by atoms with Gasteiger partial charge in [-0.2, -0.15) is 0 Å². The molecule has 8 nitrogen and oxygen atoms in total. The first-order chi connectivity index (χ1) is 15.3. The normalized spacial score (nSPS) is 19.8. The number of allylic oxidation sites excluding steroid dienone is 2. The van der Waals surface area contributed by atoms with Crippen molar-refractivity contribution in [3.05, 3.63) is 67.8 Å². The zero-order valence-electron chi connectivity index (χ0n) is 18.5. The highest BCUT2D eigenvalue weighted by atomic mass is 35.5. The van der Waals surface area contributed by atoms with E-state index in [1.165, 1.54) is 0 Å². The van der Waals surface area contributed by atoms with Crippen molar-refractivity contribution in [1.82, 2.24) is 5.32 Å². The van der Waals surface area contributed by atoms with Gasteiger partial charge in [-0.1, -0.05) is 48.8 Å². The van der Waals surface area contributed by atoms with Gasteiger partial charge in [0.2, 0.25) is 0 Å². The molecule has 0 fully saturated rings. The lowest BCUT2D eigenvalue weighted by Crippen LogP contribution is -2.40. The summed E-state index contributed by atoms with van der Waals surface area (Å²) in [6.45, 7) is 6.44. The number of hydrogen-bond acceptors (Lipinski definition) is 6. The number of Topliss-reactive ketones (excluding diaryl/α,β-unsaturated/α-hetero) is 1. The van der Waals surface area contributed by atoms with E-state index in [2.05, 4.69) is 15.3 Å². The molecule has 0 aromatic heterocycles. The molecule has 9 heteroatoms. The van der Waals surface area contributed by atoms with Gasteiger partial charge in [0.15, 0.2) is 5.78 Å². The summed E-state index contributed by atoms with van der Waals surface area (Å²) in [5, 5.41) is 7.24. The number of rotatable bonds is 8. The lowest BCUT2D eigenvalue weighted by atomic mass is 9.68. The topological polar surface area (TPSA) is 113 Å². The van der Waals surface area contributed by atoms with Crippen molar-refractivity contribution in [3.63, 3.8) is 0 Å². The first-order valence-electron chi connectivity index (χ1n) is 10.6. The largest absolute Gasteiger partial charge is 0.463 e. The second kappa shape index (κ2) is 10.2. The van der Waals surface area contributed by atoms with E-state index in [-0.39, 0.29) is 37.6 Å². The molecule has 32 heavy (non-hydrogen) atoms. The average Bonchev–Trinajstić information content (AvgIpc) is 2.72. The van der Waals surface area contributed by atoms with Gasteiger partial charge in [0.05, 0.1) is 31.1 Å². The summed E-state index contributed by atoms with van der Waals surface area (Å²) < 4.78 is 11.0. The van der Waals surface area contributed by atoms with E-state index < -0.39 is 11.9 Å². The first-order valence-corrected chi connectivity index (χ1v) is 10.9. The quantitative estimate of drug-likeness (QED) is 0.197. The molecule has 1 unspecified atom stereocenters. The number of nitrogens with one attached hydrogen (secondary N) is 1. The second-order valence-electron chi connectivity index (χ2n) is 8.53. The van der Waals surface area contributed by atoms with Crippen LogP contribution in [0.4, 0.5) is 0 Å². The fourth-order valence-electron chi connectivity index (χ4n) is 4.26. The lowest BCUT2D eigenvalue weighted by Gasteiger charge is -2.40. The summed E-state index contributed by atoms with van der Waals surface area (Å²) in [5.74, 6) is -1.19. The second-order valence-corrected chi connectivity index (χ2v) is 8.94. The van der Waals surface area contributed by atoms with Crippen LogP contribution in [0.25, 0.3) is 10.4 Å². The Kier molecular flexibility index (Phi) is 7.61. The Morgan fingerprint density at radius 1 is 1.34 bits per heavy atom. The van der Waals surface area contributed by atoms with Crippen LogP contribution < -0.4 is 5.32 Å². The molecular formula is C23H27ClN4O4. The average molecular weight is 459 g/mol. The molecule has 1 atom stereocenters. The number of carbonyl (C=O) groups excluding carboxylic acids is 2. The first kappa shape index (κ1) is 23.9. The van der Waals surface area contributed by atoms with Crippen LogP contribution in [0.15, 0.2) is 51.9 Å². The summed E-state index contributed by atoms with van der Waals surface area (Å²) >= 11 is 6.54. The molecular weight excluding hydrogens is 432 g/mol. The van der Waals surface area contributed by atoms with Gasteiger partial charge in [0, 0.05) is 40.1 Å². The van der Waals surface area contributed by atoms with Crippen LogP contribution in [0.3, 0.4) is 0 Å². The van der Waals surface area contributed by atoms with E-state index >= 15 is 0 Å². The highest BCUT2D eigenvalue weighted by molar-refractivity contribution is 6.31. The van der Waals surface area contributed by atoms with Gasteiger partial charge in [0.25, 0.3) is 0 Å². The Balaban J connectivity index is 2.13. The van der Waals surface area contributed by atoms with Crippen molar-refractivity contribution in [2.45, 2.75) is 39.5 Å². The van der Waals surface area contributed by atoms with Gasteiger partial charge in [-0.25, -0.2) is 4.79 Å². The van der Waals surface area contributed by atoms with Gasteiger partial charge in [-0.15, -0.1) is 0 Å². The molecule has 0 saturated carbocycles. The van der Waals surface area contributed by atoms with Crippen molar-refractivity contribution in [3.8, 4) is 0 Å². The van der Waals surface area contributed by atoms with Gasteiger partial charge in [-0.3, -0.25) is 4.79 Å². The Morgan fingerprint density at radius 2 is 2.09 bits per heavy atom. The van der Waals surface area contributed by atoms with Crippen LogP contribution in [0.2, 0.25) is 5.02 Å². The molecule has 0 saturated heterocycles. The molecule has 1 heterocycles. The van der Waals surface area contributed by atoms with Crippen molar-refractivity contribution >= 4 is 23.4 Å². The Hall–Kier alpha value is -2.80. The minimum atomic E-state index is -0.654. The third-order valence-electron chi connectivity index (χ3n) is 5.48. The van der Waals surface area contributed by atoms with Crippen LogP contribution in [0.5, 0.6) is 0 Å². The minimum Gasteiger partial charge on any atom is -0.463 e. The van der Waals surface area contributed by atoms with Crippen LogP contribution in [0, 0.1) is 5.41 Å².